The maximum atomic E-state index is 12.7. The Morgan fingerprint density at radius 1 is 1.32 bits per heavy atom. The lowest BCUT2D eigenvalue weighted by Gasteiger charge is -2.21. The average molecular weight is 340 g/mol. The van der Waals surface area contributed by atoms with Crippen LogP contribution in [-0.4, -0.2) is 19.8 Å². The van der Waals surface area contributed by atoms with Crippen molar-refractivity contribution in [2.24, 2.45) is 0 Å². The second-order valence-electron chi connectivity index (χ2n) is 4.46. The number of rotatable bonds is 5. The predicted molar refractivity (Wildman–Crippen MR) is 72.0 cm³/mol. The molecule has 0 aliphatic rings. The summed E-state index contributed by atoms with van der Waals surface area (Å²) in [7, 11) is 1.70. The molecule has 1 aromatic rings. The lowest BCUT2D eigenvalue weighted by atomic mass is 10.0. The summed E-state index contributed by atoms with van der Waals surface area (Å²) in [5, 5.41) is 2.97. The molecular formula is C13H17BrF3NO. The highest BCUT2D eigenvalue weighted by Crippen LogP contribution is 2.34. The van der Waals surface area contributed by atoms with Crippen LogP contribution in [0.5, 0.6) is 0 Å². The third-order valence-electron chi connectivity index (χ3n) is 2.64. The minimum atomic E-state index is -4.34. The molecule has 1 N–H and O–H groups in total. The monoisotopic (exact) mass is 339 g/mol. The van der Waals surface area contributed by atoms with Crippen molar-refractivity contribution in [2.75, 3.05) is 13.7 Å². The minimum absolute atomic E-state index is 0.0282. The van der Waals surface area contributed by atoms with Crippen molar-refractivity contribution in [3.05, 3.63) is 33.8 Å². The van der Waals surface area contributed by atoms with Crippen molar-refractivity contribution in [3.8, 4) is 0 Å². The van der Waals surface area contributed by atoms with E-state index in [9.17, 15) is 13.2 Å². The number of halogens is 4. The van der Waals surface area contributed by atoms with Gasteiger partial charge in [0, 0.05) is 4.47 Å². The van der Waals surface area contributed by atoms with Gasteiger partial charge < -0.3 is 10.1 Å². The molecule has 0 spiro atoms. The first-order chi connectivity index (χ1) is 8.75. The van der Waals surface area contributed by atoms with Gasteiger partial charge in [0.05, 0.1) is 24.3 Å². The van der Waals surface area contributed by atoms with Crippen LogP contribution in [0.3, 0.4) is 0 Å². The standard InChI is InChI=1S/C13H17BrF3NO/c1-8(2)19-7-12(18-3)10-6-9(13(15,16)17)4-5-11(10)14/h4-6,8,12,18H,7H2,1-3H3. The molecule has 1 atom stereocenters. The molecule has 1 unspecified atom stereocenters. The molecule has 0 aromatic heterocycles. The number of benzene rings is 1. The maximum absolute atomic E-state index is 12.7. The minimum Gasteiger partial charge on any atom is -0.377 e. The second-order valence-corrected chi connectivity index (χ2v) is 5.31. The molecule has 2 nitrogen and oxygen atoms in total. The summed E-state index contributed by atoms with van der Waals surface area (Å²) in [4.78, 5) is 0. The van der Waals surface area contributed by atoms with E-state index < -0.39 is 11.7 Å². The van der Waals surface area contributed by atoms with Gasteiger partial charge in [-0.15, -0.1) is 0 Å². The molecule has 0 radical (unpaired) electrons. The fourth-order valence-electron chi connectivity index (χ4n) is 1.60. The van der Waals surface area contributed by atoms with Crippen LogP contribution in [0.15, 0.2) is 22.7 Å². The third-order valence-corrected chi connectivity index (χ3v) is 3.37. The van der Waals surface area contributed by atoms with Gasteiger partial charge in [0.1, 0.15) is 0 Å². The Bertz CT molecular complexity index is 421. The van der Waals surface area contributed by atoms with Gasteiger partial charge in [-0.25, -0.2) is 0 Å². The fourth-order valence-corrected chi connectivity index (χ4v) is 2.13. The van der Waals surface area contributed by atoms with E-state index in [1.54, 1.807) is 7.05 Å². The first-order valence-electron chi connectivity index (χ1n) is 5.91. The molecule has 108 valence electrons. The number of hydrogen-bond acceptors (Lipinski definition) is 2. The van der Waals surface area contributed by atoms with E-state index in [2.05, 4.69) is 21.2 Å². The zero-order valence-electron chi connectivity index (χ0n) is 11.0. The summed E-state index contributed by atoms with van der Waals surface area (Å²) in [6, 6.07) is 3.33. The molecule has 1 aromatic carbocycles. The smallest absolute Gasteiger partial charge is 0.377 e. The largest absolute Gasteiger partial charge is 0.416 e. The molecule has 0 heterocycles. The van der Waals surface area contributed by atoms with Crippen molar-refractivity contribution < 1.29 is 17.9 Å². The molecule has 0 aliphatic carbocycles. The normalized spacial score (nSPS) is 13.9. The number of ether oxygens (including phenoxy) is 1. The molecule has 0 saturated heterocycles. The topological polar surface area (TPSA) is 21.3 Å². The van der Waals surface area contributed by atoms with Crippen molar-refractivity contribution in [1.82, 2.24) is 5.32 Å². The number of alkyl halides is 3. The molecule has 0 saturated carbocycles. The Kier molecular flexibility index (Phi) is 5.82. The van der Waals surface area contributed by atoms with Gasteiger partial charge in [-0.2, -0.15) is 13.2 Å². The van der Waals surface area contributed by atoms with Gasteiger partial charge in [-0.1, -0.05) is 15.9 Å². The lowest BCUT2D eigenvalue weighted by Crippen LogP contribution is -2.24. The van der Waals surface area contributed by atoms with Crippen molar-refractivity contribution in [3.63, 3.8) is 0 Å². The van der Waals surface area contributed by atoms with Crippen LogP contribution < -0.4 is 5.32 Å². The van der Waals surface area contributed by atoms with Gasteiger partial charge in [-0.05, 0) is 44.7 Å². The SMILES string of the molecule is CNC(COC(C)C)c1cc(C(F)(F)F)ccc1Br. The van der Waals surface area contributed by atoms with Crippen LogP contribution in [-0.2, 0) is 10.9 Å². The second kappa shape index (κ2) is 6.72. The maximum Gasteiger partial charge on any atom is 0.416 e. The predicted octanol–water partition coefficient (Wildman–Crippen LogP) is 4.15. The molecule has 0 amide bonds. The summed E-state index contributed by atoms with van der Waals surface area (Å²) in [6.07, 6.45) is -4.31. The molecule has 0 aliphatic heterocycles. The molecule has 19 heavy (non-hydrogen) atoms. The lowest BCUT2D eigenvalue weighted by molar-refractivity contribution is -0.137. The molecule has 0 fully saturated rings. The van der Waals surface area contributed by atoms with Crippen LogP contribution in [0.2, 0.25) is 0 Å². The van der Waals surface area contributed by atoms with Gasteiger partial charge >= 0.3 is 6.18 Å². The fraction of sp³-hybridized carbons (Fsp3) is 0.538. The zero-order valence-corrected chi connectivity index (χ0v) is 12.6. The highest BCUT2D eigenvalue weighted by Gasteiger charge is 2.31. The Morgan fingerprint density at radius 3 is 2.42 bits per heavy atom. The van der Waals surface area contributed by atoms with Crippen molar-refractivity contribution in [1.29, 1.82) is 0 Å². The van der Waals surface area contributed by atoms with Crippen molar-refractivity contribution in [2.45, 2.75) is 32.2 Å². The summed E-state index contributed by atoms with van der Waals surface area (Å²) in [5.74, 6) is 0. The van der Waals surface area contributed by atoms with Gasteiger partial charge in [0.25, 0.3) is 0 Å². The number of hydrogen-bond donors (Lipinski definition) is 1. The summed E-state index contributed by atoms with van der Waals surface area (Å²) in [6.45, 7) is 4.08. The van der Waals surface area contributed by atoms with Gasteiger partial charge in [0.15, 0.2) is 0 Å². The van der Waals surface area contributed by atoms with E-state index in [4.69, 9.17) is 4.74 Å². The molecular weight excluding hydrogens is 323 g/mol. The molecule has 0 bridgehead atoms. The Morgan fingerprint density at radius 2 is 1.95 bits per heavy atom. The van der Waals surface area contributed by atoms with Gasteiger partial charge in [0.2, 0.25) is 0 Å². The highest BCUT2D eigenvalue weighted by atomic mass is 79.9. The summed E-state index contributed by atoms with van der Waals surface area (Å²) >= 11 is 3.28. The molecule has 1 rings (SSSR count). The zero-order chi connectivity index (χ0) is 14.6. The Balaban J connectivity index is 3.02. The Hall–Kier alpha value is -0.590. The summed E-state index contributed by atoms with van der Waals surface area (Å²) in [5.41, 5.74) is -0.117. The Labute approximate surface area is 119 Å². The van der Waals surface area contributed by atoms with Crippen LogP contribution in [0.1, 0.15) is 31.0 Å². The molecule has 6 heteroatoms. The highest BCUT2D eigenvalue weighted by molar-refractivity contribution is 9.10. The first kappa shape index (κ1) is 16.5. The van der Waals surface area contributed by atoms with E-state index in [1.165, 1.54) is 6.07 Å². The van der Waals surface area contributed by atoms with Crippen LogP contribution in [0.25, 0.3) is 0 Å². The van der Waals surface area contributed by atoms with Crippen LogP contribution in [0.4, 0.5) is 13.2 Å². The van der Waals surface area contributed by atoms with E-state index in [0.717, 1.165) is 12.1 Å². The summed E-state index contributed by atoms with van der Waals surface area (Å²) < 4.78 is 44.2. The van der Waals surface area contributed by atoms with Crippen LogP contribution in [0, 0.1) is 0 Å². The quantitative estimate of drug-likeness (QED) is 0.869. The number of nitrogens with one attached hydrogen (secondary N) is 1. The van der Waals surface area contributed by atoms with Gasteiger partial charge in [-0.3, -0.25) is 0 Å². The number of likely N-dealkylation sites (N-methyl/N-ethyl adjacent to an activating group) is 1. The van der Waals surface area contributed by atoms with E-state index in [0.29, 0.717) is 16.6 Å². The van der Waals surface area contributed by atoms with E-state index in [-0.39, 0.29) is 12.1 Å². The van der Waals surface area contributed by atoms with E-state index in [1.807, 2.05) is 13.8 Å². The first-order valence-corrected chi connectivity index (χ1v) is 6.70. The third kappa shape index (κ3) is 4.78. The van der Waals surface area contributed by atoms with Crippen molar-refractivity contribution >= 4 is 15.9 Å². The van der Waals surface area contributed by atoms with Crippen LogP contribution >= 0.6 is 15.9 Å². The average Bonchev–Trinajstić information content (AvgIpc) is 2.30. The van der Waals surface area contributed by atoms with E-state index >= 15 is 0 Å².